The van der Waals surface area contributed by atoms with Gasteiger partial charge in [0.05, 0.1) is 6.26 Å². The summed E-state index contributed by atoms with van der Waals surface area (Å²) in [6.07, 6.45) is -0.384. The molecule has 1 atom stereocenters. The van der Waals surface area contributed by atoms with Crippen molar-refractivity contribution in [1.29, 1.82) is 0 Å². The summed E-state index contributed by atoms with van der Waals surface area (Å²) in [5, 5.41) is 3.36. The number of alkyl halides is 3. The van der Waals surface area contributed by atoms with Gasteiger partial charge in [-0.3, -0.25) is 0 Å². The van der Waals surface area contributed by atoms with Gasteiger partial charge in [0.2, 0.25) is 10.0 Å². The fourth-order valence-corrected chi connectivity index (χ4v) is 4.66. The lowest BCUT2D eigenvalue weighted by Crippen LogP contribution is -2.51. The number of hydrogen-bond acceptors (Lipinski definition) is 4. The molecule has 2 aliphatic heterocycles. The standard InChI is InChI=1S/C14H26F3N3O2S/c1-23(21,22)20(11-14(15,16)17)13-4-7-19(8-5-13)10-12-3-2-6-18-9-12/h12-13,18H,2-11H2,1H3. The number of rotatable bonds is 5. The first-order valence-electron chi connectivity index (χ1n) is 8.12. The molecule has 2 aliphatic rings. The maximum Gasteiger partial charge on any atom is 0.402 e. The summed E-state index contributed by atoms with van der Waals surface area (Å²) in [6, 6.07) is -0.549. The average molecular weight is 357 g/mol. The van der Waals surface area contributed by atoms with E-state index in [4.69, 9.17) is 0 Å². The van der Waals surface area contributed by atoms with Crippen LogP contribution in [0.15, 0.2) is 0 Å². The van der Waals surface area contributed by atoms with E-state index in [9.17, 15) is 21.6 Å². The predicted octanol–water partition coefficient (Wildman–Crippen LogP) is 1.27. The van der Waals surface area contributed by atoms with Crippen LogP contribution in [0.25, 0.3) is 0 Å². The van der Waals surface area contributed by atoms with Crippen molar-refractivity contribution in [2.45, 2.75) is 37.9 Å². The Kier molecular flexibility index (Phi) is 6.32. The molecule has 2 rings (SSSR count). The van der Waals surface area contributed by atoms with Crippen molar-refractivity contribution in [3.63, 3.8) is 0 Å². The van der Waals surface area contributed by atoms with E-state index in [0.29, 0.717) is 36.2 Å². The molecule has 1 unspecified atom stereocenters. The van der Waals surface area contributed by atoms with Crippen LogP contribution in [-0.2, 0) is 10.0 Å². The van der Waals surface area contributed by atoms with Gasteiger partial charge in [-0.15, -0.1) is 0 Å². The smallest absolute Gasteiger partial charge is 0.316 e. The third kappa shape index (κ3) is 6.21. The van der Waals surface area contributed by atoms with E-state index >= 15 is 0 Å². The van der Waals surface area contributed by atoms with Gasteiger partial charge in [-0.05, 0) is 57.8 Å². The molecule has 0 aromatic heterocycles. The zero-order chi connectivity index (χ0) is 17.1. The summed E-state index contributed by atoms with van der Waals surface area (Å²) < 4.78 is 62.0. The van der Waals surface area contributed by atoms with E-state index in [0.717, 1.165) is 32.3 Å². The van der Waals surface area contributed by atoms with Crippen molar-refractivity contribution in [1.82, 2.24) is 14.5 Å². The van der Waals surface area contributed by atoms with Crippen LogP contribution in [0, 0.1) is 5.92 Å². The van der Waals surface area contributed by atoms with Gasteiger partial charge in [-0.2, -0.15) is 17.5 Å². The highest BCUT2D eigenvalue weighted by Crippen LogP contribution is 2.25. The molecule has 2 saturated heterocycles. The molecular formula is C14H26F3N3O2S. The number of nitrogens with zero attached hydrogens (tertiary/aromatic N) is 2. The monoisotopic (exact) mass is 357 g/mol. The van der Waals surface area contributed by atoms with Crippen molar-refractivity contribution >= 4 is 10.0 Å². The van der Waals surface area contributed by atoms with Crippen molar-refractivity contribution in [2.75, 3.05) is 45.5 Å². The molecule has 1 N–H and O–H groups in total. The van der Waals surface area contributed by atoms with Crippen molar-refractivity contribution < 1.29 is 21.6 Å². The highest BCUT2D eigenvalue weighted by molar-refractivity contribution is 7.88. The molecule has 0 amide bonds. The van der Waals surface area contributed by atoms with Crippen LogP contribution < -0.4 is 5.32 Å². The zero-order valence-electron chi connectivity index (χ0n) is 13.5. The molecule has 0 saturated carbocycles. The molecule has 0 bridgehead atoms. The van der Waals surface area contributed by atoms with E-state index < -0.39 is 28.8 Å². The molecular weight excluding hydrogens is 331 g/mol. The van der Waals surface area contributed by atoms with Crippen LogP contribution in [0.5, 0.6) is 0 Å². The van der Waals surface area contributed by atoms with Crippen molar-refractivity contribution in [2.24, 2.45) is 5.92 Å². The third-order valence-corrected chi connectivity index (χ3v) is 5.92. The highest BCUT2D eigenvalue weighted by atomic mass is 32.2. The Labute approximate surface area is 136 Å². The fraction of sp³-hybridized carbons (Fsp3) is 1.00. The van der Waals surface area contributed by atoms with Gasteiger partial charge in [0.15, 0.2) is 0 Å². The minimum atomic E-state index is -4.51. The first kappa shape index (κ1) is 19.0. The van der Waals surface area contributed by atoms with E-state index in [1.807, 2.05) is 0 Å². The molecule has 2 fully saturated rings. The number of piperidine rings is 2. The Balaban J connectivity index is 1.87. The fourth-order valence-electron chi connectivity index (χ4n) is 3.53. The Bertz CT molecular complexity index is 470. The normalized spacial score (nSPS) is 25.9. The Morgan fingerprint density at radius 2 is 1.87 bits per heavy atom. The summed E-state index contributed by atoms with van der Waals surface area (Å²) in [7, 11) is -3.86. The van der Waals surface area contributed by atoms with Gasteiger partial charge in [0, 0.05) is 12.6 Å². The predicted molar refractivity (Wildman–Crippen MR) is 82.7 cm³/mol. The van der Waals surface area contributed by atoms with Gasteiger partial charge in [-0.1, -0.05) is 0 Å². The second kappa shape index (κ2) is 7.67. The van der Waals surface area contributed by atoms with Crippen LogP contribution in [0.2, 0.25) is 0 Å². The van der Waals surface area contributed by atoms with Gasteiger partial charge < -0.3 is 10.2 Å². The first-order valence-corrected chi connectivity index (χ1v) is 9.96. The Morgan fingerprint density at radius 1 is 1.22 bits per heavy atom. The SMILES string of the molecule is CS(=O)(=O)N(CC(F)(F)F)C1CCN(CC2CCCNC2)CC1. The van der Waals surface area contributed by atoms with Gasteiger partial charge >= 0.3 is 6.18 Å². The number of hydrogen-bond donors (Lipinski definition) is 1. The summed E-state index contributed by atoms with van der Waals surface area (Å²) in [5.41, 5.74) is 0. The molecule has 0 aromatic carbocycles. The maximum atomic E-state index is 12.7. The Hall–Kier alpha value is -0.380. The molecule has 136 valence electrons. The van der Waals surface area contributed by atoms with Gasteiger partial charge in [-0.25, -0.2) is 8.42 Å². The van der Waals surface area contributed by atoms with Crippen LogP contribution >= 0.6 is 0 Å². The number of nitrogens with one attached hydrogen (secondary N) is 1. The van der Waals surface area contributed by atoms with Crippen LogP contribution in [0.1, 0.15) is 25.7 Å². The minimum absolute atomic E-state index is 0.462. The minimum Gasteiger partial charge on any atom is -0.316 e. The second-order valence-corrected chi connectivity index (χ2v) is 8.60. The molecule has 0 aromatic rings. The molecule has 0 radical (unpaired) electrons. The molecule has 2 heterocycles. The van der Waals surface area contributed by atoms with E-state index in [1.165, 1.54) is 6.42 Å². The van der Waals surface area contributed by atoms with Crippen molar-refractivity contribution in [3.8, 4) is 0 Å². The lowest BCUT2D eigenvalue weighted by atomic mass is 9.97. The molecule has 9 heteroatoms. The van der Waals surface area contributed by atoms with Crippen LogP contribution in [-0.4, -0.2) is 75.4 Å². The maximum absolute atomic E-state index is 12.7. The zero-order valence-corrected chi connectivity index (χ0v) is 14.3. The summed E-state index contributed by atoms with van der Waals surface area (Å²) >= 11 is 0. The second-order valence-electron chi connectivity index (χ2n) is 6.67. The summed E-state index contributed by atoms with van der Waals surface area (Å²) in [6.45, 7) is 2.92. The van der Waals surface area contributed by atoms with Gasteiger partial charge in [0.1, 0.15) is 6.54 Å². The molecule has 0 spiro atoms. The molecule has 0 aliphatic carbocycles. The van der Waals surface area contributed by atoms with E-state index in [1.54, 1.807) is 0 Å². The number of halogens is 3. The quantitative estimate of drug-likeness (QED) is 0.805. The summed E-state index contributed by atoms with van der Waals surface area (Å²) in [4.78, 5) is 2.25. The average Bonchev–Trinajstić information content (AvgIpc) is 2.45. The topological polar surface area (TPSA) is 52.7 Å². The number of likely N-dealkylation sites (tertiary alicyclic amines) is 1. The number of sulfonamides is 1. The lowest BCUT2D eigenvalue weighted by Gasteiger charge is -2.39. The van der Waals surface area contributed by atoms with E-state index in [2.05, 4.69) is 10.2 Å². The lowest BCUT2D eigenvalue weighted by molar-refractivity contribution is -0.140. The Morgan fingerprint density at radius 3 is 2.35 bits per heavy atom. The first-order chi connectivity index (χ1) is 10.6. The largest absolute Gasteiger partial charge is 0.402 e. The summed E-state index contributed by atoms with van der Waals surface area (Å²) in [5.74, 6) is 0.585. The van der Waals surface area contributed by atoms with Crippen molar-refractivity contribution in [3.05, 3.63) is 0 Å². The highest BCUT2D eigenvalue weighted by Gasteiger charge is 2.39. The van der Waals surface area contributed by atoms with Crippen LogP contribution in [0.4, 0.5) is 13.2 Å². The van der Waals surface area contributed by atoms with Gasteiger partial charge in [0.25, 0.3) is 0 Å². The molecule has 5 nitrogen and oxygen atoms in total. The third-order valence-electron chi connectivity index (χ3n) is 4.64. The van der Waals surface area contributed by atoms with E-state index in [-0.39, 0.29) is 0 Å². The van der Waals surface area contributed by atoms with Crippen LogP contribution in [0.3, 0.4) is 0 Å². The molecule has 23 heavy (non-hydrogen) atoms.